The highest BCUT2D eigenvalue weighted by Gasteiger charge is 2.12. The Kier molecular flexibility index (Phi) is 4.31. The standard InChI is InChI=1S/C14H14ClFN2/c15-12-7-5-10(6-8-12)14(18-17)9-11-3-1-2-4-13(11)16/h1-8,14,18H,9,17H2. The SMILES string of the molecule is NNC(Cc1ccccc1F)c1ccc(Cl)cc1. The highest BCUT2D eigenvalue weighted by Crippen LogP contribution is 2.21. The second-order valence-electron chi connectivity index (χ2n) is 4.07. The molecule has 0 bridgehead atoms. The molecule has 0 amide bonds. The van der Waals surface area contributed by atoms with Crippen molar-refractivity contribution >= 4 is 11.6 Å². The van der Waals surface area contributed by atoms with Crippen molar-refractivity contribution in [2.45, 2.75) is 12.5 Å². The molecule has 0 spiro atoms. The topological polar surface area (TPSA) is 38.0 Å². The Morgan fingerprint density at radius 2 is 1.78 bits per heavy atom. The van der Waals surface area contributed by atoms with E-state index in [0.717, 1.165) is 5.56 Å². The lowest BCUT2D eigenvalue weighted by molar-refractivity contribution is 0.529. The summed E-state index contributed by atoms with van der Waals surface area (Å²) < 4.78 is 13.6. The summed E-state index contributed by atoms with van der Waals surface area (Å²) in [4.78, 5) is 0. The second-order valence-corrected chi connectivity index (χ2v) is 4.50. The van der Waals surface area contributed by atoms with Crippen LogP contribution in [0.25, 0.3) is 0 Å². The van der Waals surface area contributed by atoms with Crippen molar-refractivity contribution in [2.24, 2.45) is 5.84 Å². The van der Waals surface area contributed by atoms with Gasteiger partial charge in [0, 0.05) is 5.02 Å². The van der Waals surface area contributed by atoms with E-state index in [2.05, 4.69) is 5.43 Å². The zero-order chi connectivity index (χ0) is 13.0. The van der Waals surface area contributed by atoms with Crippen LogP contribution in [0, 0.1) is 5.82 Å². The molecule has 2 aromatic rings. The van der Waals surface area contributed by atoms with E-state index in [-0.39, 0.29) is 11.9 Å². The van der Waals surface area contributed by atoms with E-state index in [9.17, 15) is 4.39 Å². The van der Waals surface area contributed by atoms with Crippen LogP contribution >= 0.6 is 11.6 Å². The van der Waals surface area contributed by atoms with Crippen molar-refractivity contribution in [1.29, 1.82) is 0 Å². The van der Waals surface area contributed by atoms with E-state index in [4.69, 9.17) is 17.4 Å². The van der Waals surface area contributed by atoms with Crippen LogP contribution in [0.5, 0.6) is 0 Å². The zero-order valence-electron chi connectivity index (χ0n) is 9.74. The van der Waals surface area contributed by atoms with E-state index in [1.807, 2.05) is 18.2 Å². The van der Waals surface area contributed by atoms with Gasteiger partial charge < -0.3 is 0 Å². The summed E-state index contributed by atoms with van der Waals surface area (Å²) in [5, 5.41) is 0.667. The molecule has 3 N–H and O–H groups in total. The first-order chi connectivity index (χ1) is 8.70. The highest BCUT2D eigenvalue weighted by molar-refractivity contribution is 6.30. The Hall–Kier alpha value is -1.42. The molecular weight excluding hydrogens is 251 g/mol. The van der Waals surface area contributed by atoms with E-state index >= 15 is 0 Å². The molecule has 0 aromatic heterocycles. The number of benzene rings is 2. The van der Waals surface area contributed by atoms with Crippen molar-refractivity contribution in [2.75, 3.05) is 0 Å². The van der Waals surface area contributed by atoms with E-state index < -0.39 is 0 Å². The van der Waals surface area contributed by atoms with Gasteiger partial charge in [0.1, 0.15) is 5.82 Å². The van der Waals surface area contributed by atoms with Crippen LogP contribution in [0.2, 0.25) is 5.02 Å². The third kappa shape index (κ3) is 3.07. The van der Waals surface area contributed by atoms with Crippen molar-refractivity contribution < 1.29 is 4.39 Å². The van der Waals surface area contributed by atoms with Crippen LogP contribution in [0.3, 0.4) is 0 Å². The van der Waals surface area contributed by atoms with Gasteiger partial charge in [-0.2, -0.15) is 0 Å². The molecule has 18 heavy (non-hydrogen) atoms. The van der Waals surface area contributed by atoms with Crippen LogP contribution in [0.4, 0.5) is 4.39 Å². The number of nitrogens with one attached hydrogen (secondary N) is 1. The third-order valence-corrected chi connectivity index (χ3v) is 3.11. The molecule has 2 rings (SSSR count). The largest absolute Gasteiger partial charge is 0.271 e. The van der Waals surface area contributed by atoms with E-state index in [1.165, 1.54) is 6.07 Å². The Labute approximate surface area is 111 Å². The molecule has 0 fully saturated rings. The van der Waals surface area contributed by atoms with Crippen molar-refractivity contribution in [3.63, 3.8) is 0 Å². The molecule has 0 aliphatic heterocycles. The molecule has 0 aliphatic rings. The van der Waals surface area contributed by atoms with Crippen LogP contribution in [0.1, 0.15) is 17.2 Å². The lowest BCUT2D eigenvalue weighted by atomic mass is 9.99. The molecule has 4 heteroatoms. The summed E-state index contributed by atoms with van der Waals surface area (Å²) in [7, 11) is 0. The van der Waals surface area contributed by atoms with E-state index in [0.29, 0.717) is 17.0 Å². The Morgan fingerprint density at radius 1 is 1.11 bits per heavy atom. The molecule has 0 aliphatic carbocycles. The molecule has 2 nitrogen and oxygen atoms in total. The molecule has 0 saturated heterocycles. The van der Waals surface area contributed by atoms with Gasteiger partial charge in [0.05, 0.1) is 6.04 Å². The number of hydrogen-bond donors (Lipinski definition) is 2. The Morgan fingerprint density at radius 3 is 2.39 bits per heavy atom. The minimum Gasteiger partial charge on any atom is -0.271 e. The average Bonchev–Trinajstić information content (AvgIpc) is 2.39. The first kappa shape index (κ1) is 13.0. The highest BCUT2D eigenvalue weighted by atomic mass is 35.5. The lowest BCUT2D eigenvalue weighted by Gasteiger charge is -2.16. The number of hydrogen-bond acceptors (Lipinski definition) is 2. The van der Waals surface area contributed by atoms with Gasteiger partial charge in [-0.15, -0.1) is 0 Å². The molecule has 0 heterocycles. The molecule has 1 atom stereocenters. The van der Waals surface area contributed by atoms with Gasteiger partial charge >= 0.3 is 0 Å². The fourth-order valence-electron chi connectivity index (χ4n) is 1.85. The zero-order valence-corrected chi connectivity index (χ0v) is 10.5. The average molecular weight is 265 g/mol. The number of rotatable bonds is 4. The minimum absolute atomic E-state index is 0.140. The summed E-state index contributed by atoms with van der Waals surface area (Å²) in [6.45, 7) is 0. The Bertz CT molecular complexity index is 513. The van der Waals surface area contributed by atoms with Gasteiger partial charge in [-0.05, 0) is 35.7 Å². The summed E-state index contributed by atoms with van der Waals surface area (Å²) in [6.07, 6.45) is 0.491. The van der Waals surface area contributed by atoms with Crippen LogP contribution in [-0.4, -0.2) is 0 Å². The van der Waals surface area contributed by atoms with Crippen molar-refractivity contribution in [1.82, 2.24) is 5.43 Å². The Balaban J connectivity index is 2.20. The van der Waals surface area contributed by atoms with Gasteiger partial charge in [0.15, 0.2) is 0 Å². The fourth-order valence-corrected chi connectivity index (χ4v) is 1.98. The molecule has 1 unspecified atom stereocenters. The first-order valence-corrected chi connectivity index (χ1v) is 6.03. The molecular formula is C14H14ClFN2. The predicted molar refractivity (Wildman–Crippen MR) is 71.6 cm³/mol. The van der Waals surface area contributed by atoms with Gasteiger partial charge in [-0.3, -0.25) is 11.3 Å². The van der Waals surface area contributed by atoms with Gasteiger partial charge in [0.2, 0.25) is 0 Å². The van der Waals surface area contributed by atoms with Crippen LogP contribution < -0.4 is 11.3 Å². The quantitative estimate of drug-likeness (QED) is 0.657. The summed E-state index contributed by atoms with van der Waals surface area (Å²) in [6, 6.07) is 13.9. The predicted octanol–water partition coefficient (Wildman–Crippen LogP) is 3.23. The normalized spacial score (nSPS) is 12.4. The maximum Gasteiger partial charge on any atom is 0.126 e. The monoisotopic (exact) mass is 264 g/mol. The number of hydrazine groups is 1. The maximum absolute atomic E-state index is 13.6. The lowest BCUT2D eigenvalue weighted by Crippen LogP contribution is -2.29. The van der Waals surface area contributed by atoms with Gasteiger partial charge in [0.25, 0.3) is 0 Å². The summed E-state index contributed by atoms with van der Waals surface area (Å²) in [5.74, 6) is 5.32. The molecule has 0 radical (unpaired) electrons. The number of halogens is 2. The van der Waals surface area contributed by atoms with Crippen molar-refractivity contribution in [3.05, 3.63) is 70.5 Å². The first-order valence-electron chi connectivity index (χ1n) is 5.65. The van der Waals surface area contributed by atoms with Gasteiger partial charge in [-0.25, -0.2) is 4.39 Å². The smallest absolute Gasteiger partial charge is 0.126 e. The molecule has 0 saturated carbocycles. The summed E-state index contributed by atoms with van der Waals surface area (Å²) in [5.41, 5.74) is 4.32. The van der Waals surface area contributed by atoms with Crippen molar-refractivity contribution in [3.8, 4) is 0 Å². The van der Waals surface area contributed by atoms with Crippen LogP contribution in [-0.2, 0) is 6.42 Å². The molecule has 94 valence electrons. The summed E-state index contributed by atoms with van der Waals surface area (Å²) >= 11 is 5.83. The minimum atomic E-state index is -0.216. The fraction of sp³-hybridized carbons (Fsp3) is 0.143. The van der Waals surface area contributed by atoms with E-state index in [1.54, 1.807) is 24.3 Å². The third-order valence-electron chi connectivity index (χ3n) is 2.86. The number of nitrogens with two attached hydrogens (primary N) is 1. The van der Waals surface area contributed by atoms with Gasteiger partial charge in [-0.1, -0.05) is 41.9 Å². The maximum atomic E-state index is 13.6. The molecule has 2 aromatic carbocycles. The van der Waals surface area contributed by atoms with Crippen LogP contribution in [0.15, 0.2) is 48.5 Å². The second kappa shape index (κ2) is 5.96.